The van der Waals surface area contributed by atoms with E-state index in [0.29, 0.717) is 0 Å². The molecule has 0 aromatic heterocycles. The Morgan fingerprint density at radius 2 is 2.33 bits per heavy atom. The van der Waals surface area contributed by atoms with Crippen LogP contribution in [-0.4, -0.2) is 30.3 Å². The van der Waals surface area contributed by atoms with Crippen molar-refractivity contribution in [2.24, 2.45) is 5.92 Å². The lowest BCUT2D eigenvalue weighted by atomic mass is 10.0. The summed E-state index contributed by atoms with van der Waals surface area (Å²) in [4.78, 5) is 2.52. The summed E-state index contributed by atoms with van der Waals surface area (Å²) in [6.07, 6.45) is 7.14. The fourth-order valence-electron chi connectivity index (χ4n) is 1.75. The average Bonchev–Trinajstić information content (AvgIpc) is 2.05. The van der Waals surface area contributed by atoms with Gasteiger partial charge < -0.3 is 0 Å². The summed E-state index contributed by atoms with van der Waals surface area (Å²) in [5.74, 6) is 1.76. The van der Waals surface area contributed by atoms with Gasteiger partial charge in [-0.05, 0) is 25.3 Å². The molecule has 1 atom stereocenters. The molecule has 0 bridgehead atoms. The topological polar surface area (TPSA) is 3.24 Å². The van der Waals surface area contributed by atoms with E-state index in [-0.39, 0.29) is 0 Å². The second-order valence-corrected chi connectivity index (χ2v) is 4.03. The zero-order valence-corrected chi connectivity index (χ0v) is 8.76. The molecule has 12 heavy (non-hydrogen) atoms. The van der Waals surface area contributed by atoms with Crippen LogP contribution in [0.25, 0.3) is 0 Å². The van der Waals surface area contributed by atoms with E-state index in [1.165, 1.54) is 25.9 Å². The van der Waals surface area contributed by atoms with Crippen LogP contribution in [0.1, 0.15) is 19.8 Å². The van der Waals surface area contributed by atoms with Gasteiger partial charge in [-0.2, -0.15) is 12.6 Å². The van der Waals surface area contributed by atoms with E-state index in [2.05, 4.69) is 36.6 Å². The smallest absolute Gasteiger partial charge is 0.0163 e. The largest absolute Gasteiger partial charge is 0.299 e. The predicted molar refractivity (Wildman–Crippen MR) is 57.8 cm³/mol. The van der Waals surface area contributed by atoms with Gasteiger partial charge in [-0.25, -0.2) is 0 Å². The number of rotatable bonds is 3. The summed E-state index contributed by atoms with van der Waals surface area (Å²) >= 11 is 4.13. The van der Waals surface area contributed by atoms with Crippen LogP contribution >= 0.6 is 12.6 Å². The van der Waals surface area contributed by atoms with Crippen molar-refractivity contribution in [2.45, 2.75) is 19.8 Å². The molecule has 0 amide bonds. The van der Waals surface area contributed by atoms with Gasteiger partial charge in [0.05, 0.1) is 0 Å². The molecule has 1 heterocycles. The maximum atomic E-state index is 4.13. The van der Waals surface area contributed by atoms with E-state index >= 15 is 0 Å². The molecule has 0 N–H and O–H groups in total. The van der Waals surface area contributed by atoms with Crippen molar-refractivity contribution >= 4 is 12.6 Å². The van der Waals surface area contributed by atoms with E-state index < -0.39 is 0 Å². The van der Waals surface area contributed by atoms with Gasteiger partial charge in [-0.3, -0.25) is 4.90 Å². The number of nitrogens with zero attached hydrogens (tertiary/aromatic N) is 1. The van der Waals surface area contributed by atoms with Crippen molar-refractivity contribution in [3.63, 3.8) is 0 Å². The highest BCUT2D eigenvalue weighted by Crippen LogP contribution is 2.14. The SMILES string of the molecule is CC1CCCN(CC=CCS)C1. The van der Waals surface area contributed by atoms with Crippen LogP contribution in [0.5, 0.6) is 0 Å². The summed E-state index contributed by atoms with van der Waals surface area (Å²) in [7, 11) is 0. The van der Waals surface area contributed by atoms with Gasteiger partial charge in [0.1, 0.15) is 0 Å². The molecule has 1 rings (SSSR count). The minimum absolute atomic E-state index is 0.864. The molecule has 0 radical (unpaired) electrons. The first kappa shape index (κ1) is 10.1. The highest BCUT2D eigenvalue weighted by molar-refractivity contribution is 7.80. The third-order valence-corrected chi connectivity index (χ3v) is 2.59. The van der Waals surface area contributed by atoms with Crippen LogP contribution in [0.2, 0.25) is 0 Å². The van der Waals surface area contributed by atoms with Crippen molar-refractivity contribution in [3.8, 4) is 0 Å². The number of likely N-dealkylation sites (tertiary alicyclic amines) is 1. The third-order valence-electron chi connectivity index (χ3n) is 2.38. The first-order valence-corrected chi connectivity index (χ1v) is 5.44. The third kappa shape index (κ3) is 3.63. The summed E-state index contributed by atoms with van der Waals surface area (Å²) in [6.45, 7) is 6.01. The first-order valence-electron chi connectivity index (χ1n) is 4.81. The summed E-state index contributed by atoms with van der Waals surface area (Å²) in [5.41, 5.74) is 0. The molecule has 1 aliphatic heterocycles. The molecule has 1 nitrogen and oxygen atoms in total. The van der Waals surface area contributed by atoms with E-state index in [0.717, 1.165) is 18.2 Å². The zero-order chi connectivity index (χ0) is 8.81. The van der Waals surface area contributed by atoms with Gasteiger partial charge >= 0.3 is 0 Å². The van der Waals surface area contributed by atoms with E-state index in [1.54, 1.807) is 0 Å². The number of piperidine rings is 1. The van der Waals surface area contributed by atoms with E-state index in [1.807, 2.05) is 0 Å². The number of thiol groups is 1. The molecule has 70 valence electrons. The Labute approximate surface area is 81.2 Å². The maximum absolute atomic E-state index is 4.13. The molecular formula is C10H19NS. The molecule has 1 fully saturated rings. The molecule has 0 spiro atoms. The van der Waals surface area contributed by atoms with Gasteiger partial charge in [0.2, 0.25) is 0 Å². The lowest BCUT2D eigenvalue weighted by Gasteiger charge is -2.29. The quantitative estimate of drug-likeness (QED) is 0.521. The van der Waals surface area contributed by atoms with Crippen LogP contribution in [0.3, 0.4) is 0 Å². The predicted octanol–water partition coefficient (Wildman–Crippen LogP) is 2.20. The lowest BCUT2D eigenvalue weighted by Crippen LogP contribution is -2.34. The van der Waals surface area contributed by atoms with Crippen molar-refractivity contribution in [2.75, 3.05) is 25.4 Å². The van der Waals surface area contributed by atoms with Crippen LogP contribution in [-0.2, 0) is 0 Å². The Morgan fingerprint density at radius 1 is 1.50 bits per heavy atom. The summed E-state index contributed by atoms with van der Waals surface area (Å²) < 4.78 is 0. The van der Waals surface area contributed by atoms with Crippen molar-refractivity contribution in [1.29, 1.82) is 0 Å². The maximum Gasteiger partial charge on any atom is 0.0163 e. The van der Waals surface area contributed by atoms with Gasteiger partial charge in [0.25, 0.3) is 0 Å². The van der Waals surface area contributed by atoms with E-state index in [4.69, 9.17) is 0 Å². The molecule has 0 saturated carbocycles. The fraction of sp³-hybridized carbons (Fsp3) is 0.800. The van der Waals surface area contributed by atoms with E-state index in [9.17, 15) is 0 Å². The Kier molecular flexibility index (Phi) is 4.77. The second-order valence-electron chi connectivity index (χ2n) is 3.66. The van der Waals surface area contributed by atoms with Crippen LogP contribution in [0, 0.1) is 5.92 Å². The molecule has 2 heteroatoms. The highest BCUT2D eigenvalue weighted by atomic mass is 32.1. The Bertz CT molecular complexity index is 145. The zero-order valence-electron chi connectivity index (χ0n) is 7.87. The van der Waals surface area contributed by atoms with Crippen LogP contribution in [0.15, 0.2) is 12.2 Å². The number of hydrogen-bond acceptors (Lipinski definition) is 2. The van der Waals surface area contributed by atoms with Gasteiger partial charge in [-0.1, -0.05) is 19.1 Å². The minimum atomic E-state index is 0.864. The van der Waals surface area contributed by atoms with Gasteiger partial charge in [0.15, 0.2) is 0 Å². The lowest BCUT2D eigenvalue weighted by molar-refractivity contribution is 0.201. The summed E-state index contributed by atoms with van der Waals surface area (Å²) in [6, 6.07) is 0. The van der Waals surface area contributed by atoms with Crippen LogP contribution in [0.4, 0.5) is 0 Å². The van der Waals surface area contributed by atoms with Crippen molar-refractivity contribution < 1.29 is 0 Å². The molecule has 0 aliphatic carbocycles. The highest BCUT2D eigenvalue weighted by Gasteiger charge is 2.14. The number of hydrogen-bond donors (Lipinski definition) is 1. The van der Waals surface area contributed by atoms with Gasteiger partial charge in [-0.15, -0.1) is 0 Å². The monoisotopic (exact) mass is 185 g/mol. The van der Waals surface area contributed by atoms with Gasteiger partial charge in [0, 0.05) is 18.8 Å². The molecule has 0 aromatic carbocycles. The molecular weight excluding hydrogens is 166 g/mol. The second kappa shape index (κ2) is 5.65. The summed E-state index contributed by atoms with van der Waals surface area (Å²) in [5, 5.41) is 0. The Morgan fingerprint density at radius 3 is 3.00 bits per heavy atom. The first-order chi connectivity index (χ1) is 5.83. The average molecular weight is 185 g/mol. The van der Waals surface area contributed by atoms with Crippen molar-refractivity contribution in [3.05, 3.63) is 12.2 Å². The fourth-order valence-corrected chi connectivity index (χ4v) is 1.90. The van der Waals surface area contributed by atoms with Crippen molar-refractivity contribution in [1.82, 2.24) is 4.90 Å². The molecule has 0 aromatic rings. The normalized spacial score (nSPS) is 26.7. The molecule has 1 aliphatic rings. The van der Waals surface area contributed by atoms with Crippen LogP contribution < -0.4 is 0 Å². The molecule has 1 saturated heterocycles. The molecule has 1 unspecified atom stereocenters. The Hall–Kier alpha value is 0.0500. The minimum Gasteiger partial charge on any atom is -0.299 e. The standard InChI is InChI=1S/C10H19NS/c1-10-5-4-7-11(9-10)6-2-3-8-12/h2-3,10,12H,4-9H2,1H3. The Balaban J connectivity index is 2.18.